The molecule has 0 radical (unpaired) electrons. The summed E-state index contributed by atoms with van der Waals surface area (Å²) in [7, 11) is 4.98. The van der Waals surface area contributed by atoms with E-state index >= 15 is 0 Å². The minimum absolute atomic E-state index is 0.794. The van der Waals surface area contributed by atoms with Gasteiger partial charge in [-0.3, -0.25) is 0 Å². The summed E-state index contributed by atoms with van der Waals surface area (Å²) >= 11 is 0. The number of ether oxygens (including phenoxy) is 3. The highest BCUT2D eigenvalue weighted by molar-refractivity contribution is 5.88. The van der Waals surface area contributed by atoms with Gasteiger partial charge < -0.3 is 19.2 Å². The van der Waals surface area contributed by atoms with Crippen LogP contribution in [0.3, 0.4) is 0 Å². The molecule has 0 saturated carbocycles. The van der Waals surface area contributed by atoms with Crippen LogP contribution < -0.4 is 14.2 Å². The molecule has 1 N–H and O–H groups in total. The zero-order chi connectivity index (χ0) is 14.8. The first-order valence-electron chi connectivity index (χ1n) is 6.64. The van der Waals surface area contributed by atoms with Gasteiger partial charge in [0.2, 0.25) is 0 Å². The van der Waals surface area contributed by atoms with Crippen molar-refractivity contribution >= 4 is 10.9 Å². The maximum Gasteiger partial charge on any atom is 0.128 e. The van der Waals surface area contributed by atoms with Gasteiger partial charge in [0.15, 0.2) is 0 Å². The summed E-state index contributed by atoms with van der Waals surface area (Å²) in [6.45, 7) is 0. The second-order valence-corrected chi connectivity index (χ2v) is 4.70. The smallest absolute Gasteiger partial charge is 0.128 e. The molecule has 0 amide bonds. The third-order valence-corrected chi connectivity index (χ3v) is 3.52. The monoisotopic (exact) mass is 283 g/mol. The number of methoxy groups -OCH3 is 3. The topological polar surface area (TPSA) is 43.5 Å². The quantitative estimate of drug-likeness (QED) is 0.790. The number of fused-ring (bicyclic) bond motifs is 1. The van der Waals surface area contributed by atoms with Crippen LogP contribution in [0.25, 0.3) is 22.2 Å². The normalized spacial score (nSPS) is 10.6. The molecule has 3 rings (SSSR count). The lowest BCUT2D eigenvalue weighted by Gasteiger charge is -2.09. The summed E-state index contributed by atoms with van der Waals surface area (Å²) in [5, 5.41) is 1.09. The number of nitrogens with one attached hydrogen (secondary N) is 1. The van der Waals surface area contributed by atoms with Crippen molar-refractivity contribution in [2.24, 2.45) is 0 Å². The molecule has 4 nitrogen and oxygen atoms in total. The minimum atomic E-state index is 0.794. The highest BCUT2D eigenvalue weighted by Gasteiger charge is 2.11. The van der Waals surface area contributed by atoms with Crippen LogP contribution in [0.4, 0.5) is 0 Å². The van der Waals surface area contributed by atoms with E-state index in [4.69, 9.17) is 14.2 Å². The van der Waals surface area contributed by atoms with Crippen molar-refractivity contribution in [1.29, 1.82) is 0 Å². The Morgan fingerprint density at radius 3 is 2.19 bits per heavy atom. The maximum atomic E-state index is 5.44. The second kappa shape index (κ2) is 5.40. The molecule has 2 aromatic carbocycles. The zero-order valence-corrected chi connectivity index (χ0v) is 12.3. The van der Waals surface area contributed by atoms with Crippen LogP contribution in [0.5, 0.6) is 17.2 Å². The van der Waals surface area contributed by atoms with Crippen LogP contribution in [0.1, 0.15) is 0 Å². The Hall–Kier alpha value is -2.62. The molecule has 0 spiro atoms. The van der Waals surface area contributed by atoms with E-state index in [-0.39, 0.29) is 0 Å². The largest absolute Gasteiger partial charge is 0.497 e. The summed E-state index contributed by atoms with van der Waals surface area (Å²) in [5.41, 5.74) is 3.00. The molecule has 0 atom stereocenters. The number of hydrogen-bond acceptors (Lipinski definition) is 3. The number of aromatic nitrogens is 1. The average Bonchev–Trinajstić information content (AvgIpc) is 2.96. The Labute approximate surface area is 123 Å². The zero-order valence-electron chi connectivity index (χ0n) is 12.3. The van der Waals surface area contributed by atoms with Crippen LogP contribution in [0.15, 0.2) is 42.5 Å². The molecule has 0 aliphatic carbocycles. The maximum absolute atomic E-state index is 5.44. The fourth-order valence-corrected chi connectivity index (χ4v) is 2.41. The Morgan fingerprint density at radius 2 is 1.48 bits per heavy atom. The van der Waals surface area contributed by atoms with E-state index in [0.29, 0.717) is 0 Å². The fourth-order valence-electron chi connectivity index (χ4n) is 2.41. The van der Waals surface area contributed by atoms with Crippen molar-refractivity contribution in [2.45, 2.75) is 0 Å². The standard InChI is InChI=1S/C17H17NO3/c1-19-12-4-6-15-11(8-12)9-16(18-15)14-10-13(20-2)5-7-17(14)21-3/h4-10,18H,1-3H3. The Morgan fingerprint density at radius 1 is 0.762 bits per heavy atom. The van der Waals surface area contributed by atoms with Crippen LogP contribution in [0, 0.1) is 0 Å². The first-order chi connectivity index (χ1) is 10.2. The Kier molecular flexibility index (Phi) is 3.44. The third kappa shape index (κ3) is 2.40. The van der Waals surface area contributed by atoms with Gasteiger partial charge in [-0.1, -0.05) is 0 Å². The van der Waals surface area contributed by atoms with Gasteiger partial charge in [-0.2, -0.15) is 0 Å². The van der Waals surface area contributed by atoms with Crippen LogP contribution in [-0.4, -0.2) is 26.3 Å². The number of hydrogen-bond donors (Lipinski definition) is 1. The summed E-state index contributed by atoms with van der Waals surface area (Å²) in [6.07, 6.45) is 0. The molecule has 4 heteroatoms. The summed E-state index contributed by atoms with van der Waals surface area (Å²) in [6, 6.07) is 13.8. The van der Waals surface area contributed by atoms with Crippen molar-refractivity contribution in [3.8, 4) is 28.5 Å². The molecule has 21 heavy (non-hydrogen) atoms. The van der Waals surface area contributed by atoms with E-state index in [0.717, 1.165) is 39.4 Å². The third-order valence-electron chi connectivity index (χ3n) is 3.52. The van der Waals surface area contributed by atoms with Crippen molar-refractivity contribution < 1.29 is 14.2 Å². The molecule has 1 aromatic heterocycles. The molecule has 1 heterocycles. The van der Waals surface area contributed by atoms with Crippen molar-refractivity contribution in [3.63, 3.8) is 0 Å². The van der Waals surface area contributed by atoms with E-state index in [2.05, 4.69) is 11.1 Å². The van der Waals surface area contributed by atoms with E-state index in [1.807, 2.05) is 36.4 Å². The first kappa shape index (κ1) is 13.4. The summed E-state index contributed by atoms with van der Waals surface area (Å²) < 4.78 is 16.0. The molecule has 108 valence electrons. The number of benzene rings is 2. The summed E-state index contributed by atoms with van der Waals surface area (Å²) in [4.78, 5) is 3.40. The first-order valence-corrected chi connectivity index (χ1v) is 6.64. The fraction of sp³-hybridized carbons (Fsp3) is 0.176. The summed E-state index contributed by atoms with van der Waals surface area (Å²) in [5.74, 6) is 2.43. The van der Waals surface area contributed by atoms with Gasteiger partial charge >= 0.3 is 0 Å². The van der Waals surface area contributed by atoms with E-state index in [1.165, 1.54) is 0 Å². The van der Waals surface area contributed by atoms with E-state index < -0.39 is 0 Å². The molecule has 0 unspecified atom stereocenters. The van der Waals surface area contributed by atoms with Gasteiger partial charge in [0.25, 0.3) is 0 Å². The lowest BCUT2D eigenvalue weighted by molar-refractivity contribution is 0.404. The van der Waals surface area contributed by atoms with Crippen LogP contribution >= 0.6 is 0 Å². The van der Waals surface area contributed by atoms with E-state index in [1.54, 1.807) is 21.3 Å². The van der Waals surface area contributed by atoms with Crippen molar-refractivity contribution in [2.75, 3.05) is 21.3 Å². The lowest BCUT2D eigenvalue weighted by Crippen LogP contribution is -1.90. The predicted molar refractivity (Wildman–Crippen MR) is 83.4 cm³/mol. The highest BCUT2D eigenvalue weighted by Crippen LogP contribution is 2.35. The van der Waals surface area contributed by atoms with Gasteiger partial charge in [-0.15, -0.1) is 0 Å². The lowest BCUT2D eigenvalue weighted by atomic mass is 10.1. The number of aromatic amines is 1. The highest BCUT2D eigenvalue weighted by atomic mass is 16.5. The molecule has 0 bridgehead atoms. The minimum Gasteiger partial charge on any atom is -0.497 e. The van der Waals surface area contributed by atoms with Crippen molar-refractivity contribution in [1.82, 2.24) is 4.98 Å². The average molecular weight is 283 g/mol. The molecule has 0 aliphatic heterocycles. The Balaban J connectivity index is 2.15. The van der Waals surface area contributed by atoms with Gasteiger partial charge in [-0.25, -0.2) is 0 Å². The molecular weight excluding hydrogens is 266 g/mol. The number of H-pyrrole nitrogens is 1. The van der Waals surface area contributed by atoms with Crippen molar-refractivity contribution in [3.05, 3.63) is 42.5 Å². The van der Waals surface area contributed by atoms with E-state index in [9.17, 15) is 0 Å². The van der Waals surface area contributed by atoms with Crippen LogP contribution in [-0.2, 0) is 0 Å². The van der Waals surface area contributed by atoms with Gasteiger partial charge in [-0.05, 0) is 42.5 Å². The SMILES string of the molecule is COc1ccc(OC)c(-c2cc3cc(OC)ccc3[nH]2)c1. The molecular formula is C17H17NO3. The molecule has 0 aliphatic rings. The molecule has 3 aromatic rings. The van der Waals surface area contributed by atoms with Gasteiger partial charge in [0.1, 0.15) is 17.2 Å². The Bertz CT molecular complexity index is 777. The predicted octanol–water partition coefficient (Wildman–Crippen LogP) is 3.86. The molecule has 0 saturated heterocycles. The van der Waals surface area contributed by atoms with Gasteiger partial charge in [0, 0.05) is 16.5 Å². The van der Waals surface area contributed by atoms with Gasteiger partial charge in [0.05, 0.1) is 27.0 Å². The molecule has 0 fully saturated rings. The second-order valence-electron chi connectivity index (χ2n) is 4.70. The number of rotatable bonds is 4. The van der Waals surface area contributed by atoms with Crippen LogP contribution in [0.2, 0.25) is 0 Å².